The van der Waals surface area contributed by atoms with Crippen molar-refractivity contribution < 1.29 is 19.4 Å². The van der Waals surface area contributed by atoms with E-state index in [0.717, 1.165) is 10.9 Å². The Morgan fingerprint density at radius 1 is 1.25 bits per heavy atom. The van der Waals surface area contributed by atoms with Gasteiger partial charge in [-0.3, -0.25) is 0 Å². The number of anilines is 3. The lowest BCUT2D eigenvalue weighted by Gasteiger charge is -2.38. The Bertz CT molecular complexity index is 1170. The van der Waals surface area contributed by atoms with Crippen molar-refractivity contribution in [2.24, 2.45) is 0 Å². The molecule has 3 N–H and O–H groups in total. The average Bonchev–Trinajstić information content (AvgIpc) is 2.74. The number of aliphatic hydroxyl groups is 1. The van der Waals surface area contributed by atoms with Crippen LogP contribution in [0.5, 0.6) is 0 Å². The molecule has 1 fully saturated rings. The summed E-state index contributed by atoms with van der Waals surface area (Å²) in [6.45, 7) is 5.83. The van der Waals surface area contributed by atoms with Crippen LogP contribution in [0.2, 0.25) is 0 Å². The van der Waals surface area contributed by atoms with Gasteiger partial charge in [0.2, 0.25) is 5.95 Å². The average molecular weight is 440 g/mol. The quantitative estimate of drug-likeness (QED) is 0.548. The number of hydrogen-bond acceptors (Lipinski definition) is 8. The summed E-state index contributed by atoms with van der Waals surface area (Å²) in [4.78, 5) is 30.4. The van der Waals surface area contributed by atoms with Crippen molar-refractivity contribution in [3.63, 3.8) is 0 Å². The molecule has 0 unspecified atom stereocenters. The Hall–Kier alpha value is -3.40. The first-order chi connectivity index (χ1) is 15.2. The number of aromatic carboxylic acids is 1. The highest BCUT2D eigenvalue weighted by atomic mass is 19.1. The van der Waals surface area contributed by atoms with Crippen LogP contribution in [-0.4, -0.2) is 61.0 Å². The van der Waals surface area contributed by atoms with Crippen molar-refractivity contribution in [2.75, 3.05) is 23.3 Å². The molecule has 3 aromatic rings. The number of halogens is 1. The molecule has 9 nitrogen and oxygen atoms in total. The number of carbonyl (C=O) groups is 1. The van der Waals surface area contributed by atoms with E-state index in [0.29, 0.717) is 29.5 Å². The van der Waals surface area contributed by atoms with E-state index >= 15 is 0 Å². The van der Waals surface area contributed by atoms with E-state index in [1.54, 1.807) is 29.4 Å². The molecular weight excluding hydrogens is 415 g/mol. The first-order valence-electron chi connectivity index (χ1n) is 10.4. The van der Waals surface area contributed by atoms with Crippen LogP contribution in [0.25, 0.3) is 10.8 Å². The predicted molar refractivity (Wildman–Crippen MR) is 118 cm³/mol. The number of alkyl halides is 1. The molecule has 0 radical (unpaired) electrons. The fourth-order valence-corrected chi connectivity index (χ4v) is 3.86. The molecule has 4 heterocycles. The molecule has 4 rings (SSSR count). The standard InChI is InChI=1S/C22H25FN6O3/c1-12(2)14-9-26-19(20(31)32)15-10-25-18(8-13(14)15)27-17-4-6-24-21(28-17)29-7-5-16(30)22(3,23)11-29/h4,6,8-10,12,16,30H,5,7,11H2,1-3H3,(H,31,32)(H,24,25,27,28)/t16-,22+/m1/s1. The van der Waals surface area contributed by atoms with Gasteiger partial charge in [0.05, 0.1) is 12.6 Å². The zero-order valence-corrected chi connectivity index (χ0v) is 18.1. The second kappa shape index (κ2) is 8.27. The molecule has 0 bridgehead atoms. The SMILES string of the molecule is CC(C)c1cnc(C(=O)O)c2cnc(Nc3ccnc(N4CC[C@@H](O)[C@@](C)(F)C4)n3)cc12. The van der Waals surface area contributed by atoms with Crippen LogP contribution < -0.4 is 10.2 Å². The summed E-state index contributed by atoms with van der Waals surface area (Å²) < 4.78 is 14.6. The second-order valence-electron chi connectivity index (χ2n) is 8.51. The molecule has 0 aliphatic carbocycles. The number of carboxylic acid groups (broad SMARTS) is 1. The minimum absolute atomic E-state index is 0.00540. The molecule has 1 aliphatic heterocycles. The fourth-order valence-electron chi connectivity index (χ4n) is 3.86. The number of piperidine rings is 1. The number of aromatic nitrogens is 4. The predicted octanol–water partition coefficient (Wildman–Crippen LogP) is 3.28. The zero-order valence-electron chi connectivity index (χ0n) is 18.1. The van der Waals surface area contributed by atoms with Crippen molar-refractivity contribution >= 4 is 34.3 Å². The topological polar surface area (TPSA) is 124 Å². The molecular formula is C22H25FN6O3. The summed E-state index contributed by atoms with van der Waals surface area (Å²) in [5.41, 5.74) is -0.879. The number of fused-ring (bicyclic) bond motifs is 1. The van der Waals surface area contributed by atoms with Gasteiger partial charge in [0.25, 0.3) is 0 Å². The number of nitrogens with one attached hydrogen (secondary N) is 1. The first-order valence-corrected chi connectivity index (χ1v) is 10.4. The van der Waals surface area contributed by atoms with Crippen LogP contribution >= 0.6 is 0 Å². The van der Waals surface area contributed by atoms with Gasteiger partial charge in [-0.25, -0.2) is 24.1 Å². The fraction of sp³-hybridized carbons (Fsp3) is 0.409. The number of hydrogen-bond donors (Lipinski definition) is 3. The third-order valence-corrected chi connectivity index (χ3v) is 5.68. The number of aliphatic hydroxyl groups excluding tert-OH is 1. The van der Waals surface area contributed by atoms with Gasteiger partial charge in [-0.15, -0.1) is 0 Å². The molecule has 0 spiro atoms. The third-order valence-electron chi connectivity index (χ3n) is 5.68. The van der Waals surface area contributed by atoms with Crippen LogP contribution in [0, 0.1) is 0 Å². The Morgan fingerprint density at radius 3 is 2.72 bits per heavy atom. The largest absolute Gasteiger partial charge is 0.476 e. The van der Waals surface area contributed by atoms with Gasteiger partial charge < -0.3 is 20.4 Å². The van der Waals surface area contributed by atoms with Crippen LogP contribution in [0.15, 0.2) is 30.7 Å². The molecule has 1 saturated heterocycles. The monoisotopic (exact) mass is 440 g/mol. The lowest BCUT2D eigenvalue weighted by Crippen LogP contribution is -2.52. The minimum atomic E-state index is -1.74. The number of rotatable bonds is 5. The molecule has 3 aromatic heterocycles. The summed E-state index contributed by atoms with van der Waals surface area (Å²) >= 11 is 0. The maximum Gasteiger partial charge on any atom is 0.355 e. The van der Waals surface area contributed by atoms with Gasteiger partial charge in [-0.2, -0.15) is 4.98 Å². The summed E-state index contributed by atoms with van der Waals surface area (Å²) in [7, 11) is 0. The number of nitrogens with zero attached hydrogens (tertiary/aromatic N) is 5. The van der Waals surface area contributed by atoms with Gasteiger partial charge >= 0.3 is 5.97 Å². The van der Waals surface area contributed by atoms with Crippen molar-refractivity contribution in [2.45, 2.75) is 44.9 Å². The maximum atomic E-state index is 14.6. The smallest absolute Gasteiger partial charge is 0.355 e. The maximum absolute atomic E-state index is 14.6. The second-order valence-corrected chi connectivity index (χ2v) is 8.51. The number of carboxylic acids is 1. The van der Waals surface area contributed by atoms with Crippen molar-refractivity contribution in [1.82, 2.24) is 19.9 Å². The molecule has 2 atom stereocenters. The molecule has 0 aromatic carbocycles. The van der Waals surface area contributed by atoms with Crippen molar-refractivity contribution in [1.29, 1.82) is 0 Å². The first kappa shape index (κ1) is 21.8. The molecule has 1 aliphatic rings. The van der Waals surface area contributed by atoms with Gasteiger partial charge in [-0.05, 0) is 42.3 Å². The van der Waals surface area contributed by atoms with Gasteiger partial charge in [0.1, 0.15) is 11.6 Å². The summed E-state index contributed by atoms with van der Waals surface area (Å²) in [6, 6.07) is 3.44. The molecule has 168 valence electrons. The minimum Gasteiger partial charge on any atom is -0.476 e. The third kappa shape index (κ3) is 4.18. The van der Waals surface area contributed by atoms with E-state index in [1.807, 2.05) is 13.8 Å². The van der Waals surface area contributed by atoms with E-state index in [1.165, 1.54) is 13.1 Å². The van der Waals surface area contributed by atoms with Crippen molar-refractivity contribution in [3.05, 3.63) is 42.0 Å². The van der Waals surface area contributed by atoms with E-state index in [4.69, 9.17) is 0 Å². The van der Waals surface area contributed by atoms with Crippen molar-refractivity contribution in [3.8, 4) is 0 Å². The molecule has 10 heteroatoms. The van der Waals surface area contributed by atoms with Crippen LogP contribution in [0.4, 0.5) is 22.0 Å². The van der Waals surface area contributed by atoms with Gasteiger partial charge in [-0.1, -0.05) is 13.8 Å². The summed E-state index contributed by atoms with van der Waals surface area (Å²) in [5, 5.41) is 23.6. The lowest BCUT2D eigenvalue weighted by molar-refractivity contribution is -0.00860. The Balaban J connectivity index is 1.65. The normalized spacial score (nSPS) is 21.2. The zero-order chi connectivity index (χ0) is 23.0. The van der Waals surface area contributed by atoms with Crippen LogP contribution in [-0.2, 0) is 0 Å². The van der Waals surface area contributed by atoms with E-state index < -0.39 is 17.7 Å². The van der Waals surface area contributed by atoms with Crippen LogP contribution in [0.3, 0.4) is 0 Å². The highest BCUT2D eigenvalue weighted by Gasteiger charge is 2.39. The molecule has 32 heavy (non-hydrogen) atoms. The Morgan fingerprint density at radius 2 is 2.03 bits per heavy atom. The Labute approximate surface area is 184 Å². The lowest BCUT2D eigenvalue weighted by atomic mass is 9.94. The van der Waals surface area contributed by atoms with Gasteiger partial charge in [0, 0.05) is 30.5 Å². The van der Waals surface area contributed by atoms with E-state index in [-0.39, 0.29) is 24.6 Å². The molecule has 0 saturated carbocycles. The van der Waals surface area contributed by atoms with Crippen LogP contribution in [0.1, 0.15) is 49.2 Å². The highest BCUT2D eigenvalue weighted by Crippen LogP contribution is 2.30. The van der Waals surface area contributed by atoms with E-state index in [9.17, 15) is 19.4 Å². The Kier molecular flexibility index (Phi) is 5.64. The van der Waals surface area contributed by atoms with E-state index in [2.05, 4.69) is 25.3 Å². The number of pyridine rings is 2. The summed E-state index contributed by atoms with van der Waals surface area (Å²) in [6.07, 6.45) is 3.92. The summed E-state index contributed by atoms with van der Waals surface area (Å²) in [5.74, 6) is 0.327. The van der Waals surface area contributed by atoms with Gasteiger partial charge in [0.15, 0.2) is 11.4 Å². The molecule has 0 amide bonds. The highest BCUT2D eigenvalue weighted by molar-refractivity contribution is 6.03.